The van der Waals surface area contributed by atoms with Crippen LogP contribution < -0.4 is 15.4 Å². The largest absolute Gasteiger partial charge is 0.497 e. The fraction of sp³-hybridized carbons (Fsp3) is 0.414. The Labute approximate surface area is 254 Å². The van der Waals surface area contributed by atoms with Gasteiger partial charge in [-0.05, 0) is 57.2 Å². The number of carbonyl (C=O) groups is 4. The van der Waals surface area contributed by atoms with Gasteiger partial charge in [-0.15, -0.1) is 0 Å². The van der Waals surface area contributed by atoms with E-state index in [1.807, 2.05) is 24.3 Å². The second kappa shape index (κ2) is 16.2. The van der Waals surface area contributed by atoms with Crippen molar-refractivity contribution in [2.24, 2.45) is 0 Å². The molecule has 0 unspecified atom stereocenters. The van der Waals surface area contributed by atoms with Gasteiger partial charge in [-0.2, -0.15) is 0 Å². The van der Waals surface area contributed by atoms with Crippen LogP contribution in [0, 0.1) is 0 Å². The average Bonchev–Trinajstić information content (AvgIpc) is 2.98. The number of fused-ring (bicyclic) bond motifs is 2. The third kappa shape index (κ3) is 8.98. The number of benzene rings is 2. The van der Waals surface area contributed by atoms with Crippen molar-refractivity contribution in [3.63, 3.8) is 0 Å². The Balaban J connectivity index is 1.67. The summed E-state index contributed by atoms with van der Waals surface area (Å²) in [6.07, 6.45) is -2.61. The van der Waals surface area contributed by atoms with E-state index in [0.29, 0.717) is 22.8 Å². The number of hydrogen-bond acceptors (Lipinski definition) is 10. The molecule has 43 heavy (non-hydrogen) atoms. The van der Waals surface area contributed by atoms with Crippen LogP contribution in [-0.4, -0.2) is 98.6 Å². The number of pyridine rings is 1. The molecule has 0 aliphatic heterocycles. The molecular weight excluding hydrogens is 582 g/mol. The third-order valence-corrected chi connectivity index (χ3v) is 6.36. The number of imide groups is 1. The monoisotopic (exact) mass is 617 g/mol. The van der Waals surface area contributed by atoms with Gasteiger partial charge >= 0.3 is 18.3 Å². The quantitative estimate of drug-likeness (QED) is 0.158. The van der Waals surface area contributed by atoms with Crippen LogP contribution in [0.2, 0.25) is 5.02 Å². The topological polar surface area (TPSA) is 149 Å². The molecule has 0 fully saturated rings. The van der Waals surface area contributed by atoms with Gasteiger partial charge in [0.1, 0.15) is 12.3 Å². The van der Waals surface area contributed by atoms with Gasteiger partial charge in [0.15, 0.2) is 0 Å². The first-order valence-corrected chi connectivity index (χ1v) is 14.2. The van der Waals surface area contributed by atoms with Crippen molar-refractivity contribution in [2.75, 3.05) is 65.0 Å². The molecule has 0 spiro atoms. The number of rotatable bonds is 13. The number of nitrogens with zero attached hydrogens (tertiary/aromatic N) is 3. The van der Waals surface area contributed by atoms with Gasteiger partial charge in [0.2, 0.25) is 5.91 Å². The second-order valence-electron chi connectivity index (χ2n) is 8.98. The Hall–Kier alpha value is -4.52. The van der Waals surface area contributed by atoms with Crippen molar-refractivity contribution >= 4 is 63.3 Å². The first kappa shape index (κ1) is 33.0. The highest BCUT2D eigenvalue weighted by molar-refractivity contribution is 6.31. The highest BCUT2D eigenvalue weighted by atomic mass is 35.5. The van der Waals surface area contributed by atoms with E-state index in [2.05, 4.69) is 10.6 Å². The minimum absolute atomic E-state index is 0.0408. The summed E-state index contributed by atoms with van der Waals surface area (Å²) in [7, 11) is 1.59. The maximum absolute atomic E-state index is 12.8. The molecular formula is C29H36ClN5O8. The molecule has 0 aliphatic carbocycles. The Kier molecular flexibility index (Phi) is 12.4. The Morgan fingerprint density at radius 3 is 2.14 bits per heavy atom. The van der Waals surface area contributed by atoms with E-state index in [0.717, 1.165) is 31.8 Å². The molecule has 0 radical (unpaired) electrons. The summed E-state index contributed by atoms with van der Waals surface area (Å²) in [5.74, 6) is 0.203. The number of methoxy groups -OCH3 is 1. The van der Waals surface area contributed by atoms with Gasteiger partial charge in [0, 0.05) is 35.4 Å². The molecule has 0 atom stereocenters. The van der Waals surface area contributed by atoms with Crippen molar-refractivity contribution in [2.45, 2.75) is 20.8 Å². The van der Waals surface area contributed by atoms with Crippen LogP contribution in [0.15, 0.2) is 36.4 Å². The van der Waals surface area contributed by atoms with Crippen molar-refractivity contribution in [1.29, 1.82) is 0 Å². The average molecular weight is 618 g/mol. The van der Waals surface area contributed by atoms with E-state index in [1.165, 1.54) is 0 Å². The number of carbonyl (C=O) groups excluding carboxylic acids is 4. The van der Waals surface area contributed by atoms with Crippen molar-refractivity contribution in [1.82, 2.24) is 20.1 Å². The molecule has 14 heteroatoms. The van der Waals surface area contributed by atoms with Gasteiger partial charge in [0.25, 0.3) is 0 Å². The summed E-state index contributed by atoms with van der Waals surface area (Å²) in [6.45, 7) is 4.73. The van der Waals surface area contributed by atoms with E-state index in [4.69, 9.17) is 35.5 Å². The normalized spacial score (nSPS) is 10.6. The molecule has 1 heterocycles. The van der Waals surface area contributed by atoms with Gasteiger partial charge in [-0.1, -0.05) is 11.6 Å². The molecule has 3 aromatic rings. The number of amides is 4. The molecule has 0 bridgehead atoms. The van der Waals surface area contributed by atoms with Crippen molar-refractivity contribution in [3.8, 4) is 5.75 Å². The summed E-state index contributed by atoms with van der Waals surface area (Å²) in [6, 6.07) is 11.0. The van der Waals surface area contributed by atoms with E-state index >= 15 is 0 Å². The Bertz CT molecular complexity index is 1440. The predicted molar refractivity (Wildman–Crippen MR) is 162 cm³/mol. The zero-order valence-corrected chi connectivity index (χ0v) is 25.4. The lowest BCUT2D eigenvalue weighted by atomic mass is 10.1. The molecule has 2 N–H and O–H groups in total. The van der Waals surface area contributed by atoms with Crippen LogP contribution >= 0.6 is 11.6 Å². The lowest BCUT2D eigenvalue weighted by molar-refractivity contribution is -0.121. The summed E-state index contributed by atoms with van der Waals surface area (Å²) in [4.78, 5) is 56.4. The maximum atomic E-state index is 12.8. The number of nitrogens with one attached hydrogen (secondary N) is 2. The zero-order valence-electron chi connectivity index (χ0n) is 24.6. The molecule has 0 aliphatic rings. The van der Waals surface area contributed by atoms with Crippen molar-refractivity contribution < 1.29 is 38.1 Å². The fourth-order valence-corrected chi connectivity index (χ4v) is 4.33. The van der Waals surface area contributed by atoms with Crippen LogP contribution in [-0.2, 0) is 19.0 Å². The minimum Gasteiger partial charge on any atom is -0.497 e. The number of aromatic nitrogens is 1. The highest BCUT2D eigenvalue weighted by Gasteiger charge is 2.27. The molecule has 1 aromatic heterocycles. The van der Waals surface area contributed by atoms with Crippen LogP contribution in [0.1, 0.15) is 20.8 Å². The van der Waals surface area contributed by atoms with Crippen LogP contribution in [0.3, 0.4) is 0 Å². The summed E-state index contributed by atoms with van der Waals surface area (Å²) in [5, 5.41) is 8.39. The van der Waals surface area contributed by atoms with E-state index in [1.54, 1.807) is 40.0 Å². The lowest BCUT2D eigenvalue weighted by Crippen LogP contribution is -2.47. The molecule has 4 amide bonds. The summed E-state index contributed by atoms with van der Waals surface area (Å²) >= 11 is 6.20. The fourth-order valence-electron chi connectivity index (χ4n) is 4.16. The predicted octanol–water partition coefficient (Wildman–Crippen LogP) is 4.65. The maximum Gasteiger partial charge on any atom is 0.419 e. The first-order valence-electron chi connectivity index (χ1n) is 13.8. The van der Waals surface area contributed by atoms with Crippen molar-refractivity contribution in [3.05, 3.63) is 41.4 Å². The standard InChI is InChI=1S/C29H36ClN5O8/c1-5-41-27(37)34(14-15-35(28(38)42-6-2)29(39)43-7-3)18-25(36)31-12-13-32-26-21-10-8-19(30)16-24(21)33-23-11-9-20(40-4)17-22(23)26/h8-11,16-17H,5-7,12-15,18H2,1-4H3,(H,31,36)(H,32,33). The number of halogens is 1. The molecule has 13 nitrogen and oxygen atoms in total. The molecule has 232 valence electrons. The van der Waals surface area contributed by atoms with Crippen LogP contribution in [0.4, 0.5) is 20.1 Å². The smallest absolute Gasteiger partial charge is 0.419 e. The van der Waals surface area contributed by atoms with Gasteiger partial charge < -0.3 is 29.6 Å². The molecule has 2 aromatic carbocycles. The highest BCUT2D eigenvalue weighted by Crippen LogP contribution is 2.34. The molecule has 0 saturated heterocycles. The van der Waals surface area contributed by atoms with E-state index in [-0.39, 0.29) is 46.0 Å². The zero-order chi connectivity index (χ0) is 31.4. The number of anilines is 1. The van der Waals surface area contributed by atoms with Crippen LogP contribution in [0.25, 0.3) is 21.8 Å². The lowest BCUT2D eigenvalue weighted by Gasteiger charge is -2.25. The van der Waals surface area contributed by atoms with E-state index in [9.17, 15) is 19.2 Å². The molecule has 0 saturated carbocycles. The summed E-state index contributed by atoms with van der Waals surface area (Å²) < 4.78 is 20.3. The summed E-state index contributed by atoms with van der Waals surface area (Å²) in [5.41, 5.74) is 2.25. The second-order valence-corrected chi connectivity index (χ2v) is 9.41. The van der Waals surface area contributed by atoms with Gasteiger partial charge in [-0.25, -0.2) is 24.3 Å². The molecule has 3 rings (SSSR count). The first-order chi connectivity index (χ1) is 20.7. The Morgan fingerprint density at radius 1 is 0.814 bits per heavy atom. The third-order valence-electron chi connectivity index (χ3n) is 6.12. The van der Waals surface area contributed by atoms with Gasteiger partial charge in [0.05, 0.1) is 50.2 Å². The Morgan fingerprint density at radius 2 is 1.49 bits per heavy atom. The van der Waals surface area contributed by atoms with Crippen LogP contribution in [0.5, 0.6) is 5.75 Å². The number of hydrogen-bond donors (Lipinski definition) is 2. The van der Waals surface area contributed by atoms with E-state index < -0.39 is 24.2 Å². The number of ether oxygens (including phenoxy) is 4. The van der Waals surface area contributed by atoms with Gasteiger partial charge in [-0.3, -0.25) is 9.69 Å². The minimum atomic E-state index is -0.920. The SMILES string of the molecule is CCOC(=O)N(CCN(C(=O)OCC)C(=O)OCC)CC(=O)NCCNc1c2ccc(Cl)cc2nc2ccc(OC)cc12.